The van der Waals surface area contributed by atoms with Crippen molar-refractivity contribution in [3.8, 4) is 5.75 Å². The fourth-order valence-corrected chi connectivity index (χ4v) is 6.36. The number of rotatable bonds is 7. The summed E-state index contributed by atoms with van der Waals surface area (Å²) >= 11 is 1.33. The van der Waals surface area contributed by atoms with E-state index in [9.17, 15) is 9.59 Å². The molecule has 1 aliphatic heterocycles. The SMILES string of the molecule is CCOC(=O)C1=C(C)N=c2s/c(=C\c3c(C)n(CC)c4ccccc34)c(=O)n2[C@H]1c1ccccc1OC(C)C. The summed E-state index contributed by atoms with van der Waals surface area (Å²) in [5.74, 6) is 0.129. The largest absolute Gasteiger partial charge is 0.491 e. The number of allylic oxidation sites excluding steroid dienone is 1. The van der Waals surface area contributed by atoms with Gasteiger partial charge in [0, 0.05) is 34.3 Å². The van der Waals surface area contributed by atoms with Crippen LogP contribution in [0.25, 0.3) is 17.0 Å². The van der Waals surface area contributed by atoms with Crippen molar-refractivity contribution in [3.05, 3.63) is 96.3 Å². The molecule has 7 nitrogen and oxygen atoms in total. The lowest BCUT2D eigenvalue weighted by atomic mass is 9.95. The first-order valence-corrected chi connectivity index (χ1v) is 14.1. The van der Waals surface area contributed by atoms with E-state index in [-0.39, 0.29) is 18.3 Å². The third-order valence-corrected chi connectivity index (χ3v) is 7.95. The number of benzene rings is 2. The molecular weight excluding hydrogens is 510 g/mol. The third kappa shape index (κ3) is 4.63. The van der Waals surface area contributed by atoms with Gasteiger partial charge in [0.25, 0.3) is 5.56 Å². The molecule has 1 atom stereocenters. The van der Waals surface area contributed by atoms with Gasteiger partial charge in [-0.25, -0.2) is 9.79 Å². The maximum Gasteiger partial charge on any atom is 0.338 e. The molecule has 0 amide bonds. The number of ether oxygens (including phenoxy) is 2. The Morgan fingerprint density at radius 2 is 1.82 bits per heavy atom. The Balaban J connectivity index is 1.79. The average molecular weight is 544 g/mol. The van der Waals surface area contributed by atoms with Crippen LogP contribution in [0.15, 0.2) is 69.6 Å². The molecule has 39 heavy (non-hydrogen) atoms. The van der Waals surface area contributed by atoms with Gasteiger partial charge >= 0.3 is 5.97 Å². The van der Waals surface area contributed by atoms with E-state index in [1.807, 2.05) is 56.3 Å². The highest BCUT2D eigenvalue weighted by molar-refractivity contribution is 7.07. The highest BCUT2D eigenvalue weighted by Gasteiger charge is 2.35. The molecule has 0 saturated carbocycles. The molecule has 0 spiro atoms. The Morgan fingerprint density at radius 1 is 1.10 bits per heavy atom. The van der Waals surface area contributed by atoms with Crippen LogP contribution in [-0.2, 0) is 16.1 Å². The maximum absolute atomic E-state index is 14.2. The Hall–Kier alpha value is -3.91. The van der Waals surface area contributed by atoms with Crippen LogP contribution in [0, 0.1) is 6.92 Å². The van der Waals surface area contributed by atoms with Crippen molar-refractivity contribution in [2.75, 3.05) is 6.61 Å². The number of carbonyl (C=O) groups excluding carboxylic acids is 1. The molecule has 0 saturated heterocycles. The molecule has 0 N–H and O–H groups in total. The van der Waals surface area contributed by atoms with Crippen LogP contribution in [0.4, 0.5) is 0 Å². The van der Waals surface area contributed by atoms with Crippen molar-refractivity contribution >= 4 is 34.3 Å². The van der Waals surface area contributed by atoms with Crippen molar-refractivity contribution in [2.45, 2.75) is 60.2 Å². The van der Waals surface area contributed by atoms with Crippen molar-refractivity contribution in [2.24, 2.45) is 4.99 Å². The zero-order chi connectivity index (χ0) is 27.8. The molecule has 202 valence electrons. The summed E-state index contributed by atoms with van der Waals surface area (Å²) in [5.41, 5.74) is 4.63. The number of hydrogen-bond acceptors (Lipinski definition) is 6. The van der Waals surface area contributed by atoms with Gasteiger partial charge in [-0.05, 0) is 59.8 Å². The second-order valence-corrected chi connectivity index (χ2v) is 10.8. The second kappa shape index (κ2) is 10.7. The molecule has 3 heterocycles. The normalized spacial score (nSPS) is 15.6. The zero-order valence-corrected chi connectivity index (χ0v) is 24.0. The molecule has 2 aromatic carbocycles. The Kier molecular flexibility index (Phi) is 7.32. The average Bonchev–Trinajstić information content (AvgIpc) is 3.36. The van der Waals surface area contributed by atoms with Crippen molar-refractivity contribution in [1.82, 2.24) is 9.13 Å². The first-order valence-electron chi connectivity index (χ1n) is 13.3. The zero-order valence-electron chi connectivity index (χ0n) is 23.1. The van der Waals surface area contributed by atoms with E-state index in [2.05, 4.69) is 30.5 Å². The van der Waals surface area contributed by atoms with E-state index in [0.717, 1.165) is 34.3 Å². The summed E-state index contributed by atoms with van der Waals surface area (Å²) < 4.78 is 16.0. The second-order valence-electron chi connectivity index (χ2n) is 9.77. The smallest absolute Gasteiger partial charge is 0.338 e. The summed E-state index contributed by atoms with van der Waals surface area (Å²) in [6.07, 6.45) is 1.88. The molecule has 0 radical (unpaired) electrons. The maximum atomic E-state index is 14.2. The van der Waals surface area contributed by atoms with Gasteiger partial charge in [0.1, 0.15) is 11.8 Å². The number of thiazole rings is 1. The number of fused-ring (bicyclic) bond motifs is 2. The summed E-state index contributed by atoms with van der Waals surface area (Å²) in [6.45, 7) is 12.7. The Morgan fingerprint density at radius 3 is 2.54 bits per heavy atom. The highest BCUT2D eigenvalue weighted by atomic mass is 32.1. The van der Waals surface area contributed by atoms with E-state index in [0.29, 0.717) is 26.4 Å². The van der Waals surface area contributed by atoms with E-state index in [1.165, 1.54) is 11.3 Å². The standard InChI is InChI=1S/C31H33N3O4S/c1-7-33-20(6)23(21-13-9-11-15-24(21)33)17-26-29(35)34-28(22-14-10-12-16-25(22)38-18(3)4)27(30(36)37-8-2)19(5)32-31(34)39-26/h9-18,28H,7-8H2,1-6H3/b26-17-/t28-/m0/s1. The lowest BCUT2D eigenvalue weighted by Crippen LogP contribution is -2.40. The van der Waals surface area contributed by atoms with E-state index in [4.69, 9.17) is 14.5 Å². The van der Waals surface area contributed by atoms with Crippen LogP contribution in [-0.4, -0.2) is 27.8 Å². The van der Waals surface area contributed by atoms with Gasteiger partial charge in [-0.15, -0.1) is 0 Å². The van der Waals surface area contributed by atoms with Crippen LogP contribution in [0.2, 0.25) is 0 Å². The lowest BCUT2D eigenvalue weighted by Gasteiger charge is -2.26. The minimum Gasteiger partial charge on any atom is -0.491 e. The predicted octanol–water partition coefficient (Wildman–Crippen LogP) is 4.87. The monoisotopic (exact) mass is 543 g/mol. The third-order valence-electron chi connectivity index (χ3n) is 6.96. The molecular formula is C31H33N3O4S. The molecule has 5 rings (SSSR count). The van der Waals surface area contributed by atoms with Crippen LogP contribution in [0.3, 0.4) is 0 Å². The topological polar surface area (TPSA) is 74.8 Å². The van der Waals surface area contributed by atoms with Crippen molar-refractivity contribution in [1.29, 1.82) is 0 Å². The number of aryl methyl sites for hydroxylation is 1. The van der Waals surface area contributed by atoms with E-state index in [1.54, 1.807) is 18.4 Å². The van der Waals surface area contributed by atoms with Crippen LogP contribution >= 0.6 is 11.3 Å². The van der Waals surface area contributed by atoms with Gasteiger partial charge in [0.05, 0.1) is 28.5 Å². The molecule has 4 aromatic rings. The molecule has 0 bridgehead atoms. The fourth-order valence-electron chi connectivity index (χ4n) is 5.33. The molecule has 0 unspecified atom stereocenters. The first kappa shape index (κ1) is 26.7. The van der Waals surface area contributed by atoms with Gasteiger partial charge in [-0.1, -0.05) is 47.7 Å². The highest BCUT2D eigenvalue weighted by Crippen LogP contribution is 2.36. The van der Waals surface area contributed by atoms with Crippen molar-refractivity contribution < 1.29 is 14.3 Å². The molecule has 8 heteroatoms. The summed E-state index contributed by atoms with van der Waals surface area (Å²) in [7, 11) is 0. The van der Waals surface area contributed by atoms with Gasteiger partial charge in [-0.3, -0.25) is 9.36 Å². The molecule has 1 aliphatic rings. The fraction of sp³-hybridized carbons (Fsp3) is 0.323. The van der Waals surface area contributed by atoms with Crippen LogP contribution in [0.1, 0.15) is 57.5 Å². The molecule has 2 aromatic heterocycles. The number of aromatic nitrogens is 2. The predicted molar refractivity (Wildman–Crippen MR) is 155 cm³/mol. The quantitative estimate of drug-likeness (QED) is 0.312. The van der Waals surface area contributed by atoms with E-state index >= 15 is 0 Å². The summed E-state index contributed by atoms with van der Waals surface area (Å²) in [6, 6.07) is 15.0. The number of para-hydroxylation sites is 2. The number of carbonyl (C=O) groups is 1. The van der Waals surface area contributed by atoms with Crippen LogP contribution in [0.5, 0.6) is 5.75 Å². The van der Waals surface area contributed by atoms with Gasteiger partial charge in [0.15, 0.2) is 4.80 Å². The summed E-state index contributed by atoms with van der Waals surface area (Å²) in [4.78, 5) is 32.7. The number of esters is 1. The lowest BCUT2D eigenvalue weighted by molar-refractivity contribution is -0.139. The first-order chi connectivity index (χ1) is 18.8. The minimum absolute atomic E-state index is 0.0861. The van der Waals surface area contributed by atoms with E-state index < -0.39 is 12.0 Å². The van der Waals surface area contributed by atoms with Crippen molar-refractivity contribution in [3.63, 3.8) is 0 Å². The van der Waals surface area contributed by atoms with Gasteiger partial charge in [0.2, 0.25) is 0 Å². The minimum atomic E-state index is -0.726. The van der Waals surface area contributed by atoms with Gasteiger partial charge in [-0.2, -0.15) is 0 Å². The number of hydrogen-bond donors (Lipinski definition) is 0. The Bertz CT molecular complexity index is 1790. The number of nitrogens with zero attached hydrogens (tertiary/aromatic N) is 3. The molecule has 0 aliphatic carbocycles. The van der Waals surface area contributed by atoms with Gasteiger partial charge < -0.3 is 14.0 Å². The van der Waals surface area contributed by atoms with Crippen LogP contribution < -0.4 is 19.6 Å². The Labute approximate surface area is 231 Å². The molecule has 0 fully saturated rings. The summed E-state index contributed by atoms with van der Waals surface area (Å²) in [5, 5.41) is 1.10.